The number of hydrogen-bond acceptors (Lipinski definition) is 5. The summed E-state index contributed by atoms with van der Waals surface area (Å²) in [5.41, 5.74) is 16.3. The molecule has 0 aromatic rings. The Morgan fingerprint density at radius 1 is 1.24 bits per heavy atom. The Morgan fingerprint density at radius 2 is 1.94 bits per heavy atom. The fraction of sp³-hybridized carbons (Fsp3) is 0.700. The predicted molar refractivity (Wildman–Crippen MR) is 67.8 cm³/mol. The van der Waals surface area contributed by atoms with Gasteiger partial charge in [0.2, 0.25) is 5.88 Å². The zero-order valence-electron chi connectivity index (χ0n) is 10.5. The summed E-state index contributed by atoms with van der Waals surface area (Å²) in [7, 11) is 1.58. The number of methoxy groups -OCH3 is 1. The normalized spacial score (nSPS) is 11.6. The third-order valence-electron chi connectivity index (χ3n) is 1.84. The number of unbranched alkanes of at least 4 members (excludes halogenated alkanes) is 1. The van der Waals surface area contributed by atoms with Gasteiger partial charge in [0.25, 0.3) is 0 Å². The highest BCUT2D eigenvalue weighted by Crippen LogP contribution is 1.99. The molecule has 0 aromatic carbocycles. The van der Waals surface area contributed by atoms with E-state index in [0.717, 1.165) is 19.4 Å². The van der Waals surface area contributed by atoms with Crippen LogP contribution in [0.1, 0.15) is 19.8 Å². The minimum absolute atomic E-state index is 0.0673. The van der Waals surface area contributed by atoms with E-state index in [2.05, 4.69) is 17.2 Å². The summed E-state index contributed by atoms with van der Waals surface area (Å²) in [6.45, 7) is 3.62. The van der Waals surface area contributed by atoms with Crippen LogP contribution in [-0.2, 0) is 9.47 Å². The number of guanidine groups is 1. The molecule has 0 fully saturated rings. The van der Waals surface area contributed by atoms with Crippen molar-refractivity contribution in [3.63, 3.8) is 0 Å². The quantitative estimate of drug-likeness (QED) is 0.186. The first-order valence-electron chi connectivity index (χ1n) is 5.56. The molecule has 7 heteroatoms. The van der Waals surface area contributed by atoms with E-state index < -0.39 is 0 Å². The molecule has 0 heterocycles. The van der Waals surface area contributed by atoms with Crippen molar-refractivity contribution in [2.24, 2.45) is 22.2 Å². The first-order valence-corrected chi connectivity index (χ1v) is 5.56. The van der Waals surface area contributed by atoms with Crippen LogP contribution in [0.25, 0.3) is 0 Å². The van der Waals surface area contributed by atoms with Crippen molar-refractivity contribution in [3.8, 4) is 0 Å². The summed E-state index contributed by atoms with van der Waals surface area (Å²) in [6, 6.07) is 0. The number of aliphatic imine (C=N–C) groups is 1. The van der Waals surface area contributed by atoms with Crippen molar-refractivity contribution in [2.75, 3.05) is 26.9 Å². The van der Waals surface area contributed by atoms with Crippen molar-refractivity contribution in [2.45, 2.75) is 19.8 Å². The van der Waals surface area contributed by atoms with E-state index in [9.17, 15) is 0 Å². The van der Waals surface area contributed by atoms with Crippen LogP contribution in [0.15, 0.2) is 16.7 Å². The third kappa shape index (κ3) is 8.21. The summed E-state index contributed by atoms with van der Waals surface area (Å²) in [5.74, 6) is 0.448. The maximum absolute atomic E-state index is 5.71. The number of ether oxygens (including phenoxy) is 2. The minimum atomic E-state index is -0.0673. The summed E-state index contributed by atoms with van der Waals surface area (Å²) in [5, 5.41) is 3.02. The number of nitrogens with zero attached hydrogens (tertiary/aromatic N) is 1. The fourth-order valence-corrected chi connectivity index (χ4v) is 0.998. The van der Waals surface area contributed by atoms with Crippen LogP contribution in [0.5, 0.6) is 0 Å². The average Bonchev–Trinajstić information content (AvgIpc) is 2.27. The van der Waals surface area contributed by atoms with E-state index in [0.29, 0.717) is 19.0 Å². The lowest BCUT2D eigenvalue weighted by molar-refractivity contribution is 0.106. The van der Waals surface area contributed by atoms with Crippen LogP contribution >= 0.6 is 0 Å². The van der Waals surface area contributed by atoms with Gasteiger partial charge in [-0.15, -0.1) is 0 Å². The van der Waals surface area contributed by atoms with E-state index in [1.54, 1.807) is 7.11 Å². The SMILES string of the molecule is CCCCN/C(N=C(N)N)=C(/N)OCCOC. The largest absolute Gasteiger partial charge is 0.474 e. The summed E-state index contributed by atoms with van der Waals surface area (Å²) in [6.07, 6.45) is 2.06. The monoisotopic (exact) mass is 245 g/mol. The number of nitrogens with two attached hydrogens (primary N) is 3. The molecule has 0 aliphatic heterocycles. The van der Waals surface area contributed by atoms with E-state index in [1.807, 2.05) is 0 Å². The van der Waals surface area contributed by atoms with Crippen molar-refractivity contribution in [1.29, 1.82) is 0 Å². The third-order valence-corrected chi connectivity index (χ3v) is 1.84. The van der Waals surface area contributed by atoms with Gasteiger partial charge in [-0.25, -0.2) is 0 Å². The molecule has 17 heavy (non-hydrogen) atoms. The highest BCUT2D eigenvalue weighted by Gasteiger charge is 2.03. The Morgan fingerprint density at radius 3 is 2.47 bits per heavy atom. The topological polar surface area (TPSA) is 121 Å². The van der Waals surface area contributed by atoms with Crippen molar-refractivity contribution in [3.05, 3.63) is 11.7 Å². The Balaban J connectivity index is 4.40. The van der Waals surface area contributed by atoms with Crippen LogP contribution in [0.2, 0.25) is 0 Å². The lowest BCUT2D eigenvalue weighted by Crippen LogP contribution is -2.27. The van der Waals surface area contributed by atoms with E-state index >= 15 is 0 Å². The molecule has 0 aromatic heterocycles. The lowest BCUT2D eigenvalue weighted by Gasteiger charge is -2.11. The molecule has 0 bridgehead atoms. The van der Waals surface area contributed by atoms with Crippen LogP contribution in [0.3, 0.4) is 0 Å². The standard InChI is InChI=1S/C10H23N5O2/c1-3-4-5-14-9(15-10(12)13)8(11)17-7-6-16-2/h14H,3-7,11H2,1-2H3,(H4,12,13,15)/b9-8+. The fourth-order valence-electron chi connectivity index (χ4n) is 0.998. The predicted octanol–water partition coefficient (Wildman–Crippen LogP) is -0.602. The van der Waals surface area contributed by atoms with Gasteiger partial charge < -0.3 is 32.0 Å². The zero-order valence-corrected chi connectivity index (χ0v) is 10.5. The number of nitrogens with one attached hydrogen (secondary N) is 1. The molecule has 0 atom stereocenters. The Bertz CT molecular complexity index is 261. The van der Waals surface area contributed by atoms with Gasteiger partial charge >= 0.3 is 0 Å². The van der Waals surface area contributed by atoms with Gasteiger partial charge in [0.05, 0.1) is 6.61 Å². The number of hydrogen-bond donors (Lipinski definition) is 4. The molecule has 7 nitrogen and oxygen atoms in total. The molecule has 0 aliphatic rings. The van der Waals surface area contributed by atoms with Crippen molar-refractivity contribution < 1.29 is 9.47 Å². The molecule has 0 saturated carbocycles. The molecule has 0 unspecified atom stereocenters. The molecular formula is C10H23N5O2. The van der Waals surface area contributed by atoms with Gasteiger partial charge in [0, 0.05) is 13.7 Å². The highest BCUT2D eigenvalue weighted by molar-refractivity contribution is 5.76. The second kappa shape index (κ2) is 9.59. The Kier molecular flexibility index (Phi) is 8.67. The van der Waals surface area contributed by atoms with Crippen molar-refractivity contribution in [1.82, 2.24) is 5.32 Å². The van der Waals surface area contributed by atoms with Crippen LogP contribution in [0.4, 0.5) is 0 Å². The van der Waals surface area contributed by atoms with Gasteiger partial charge in [-0.3, -0.25) is 0 Å². The Labute approximate surface area is 102 Å². The van der Waals surface area contributed by atoms with Gasteiger partial charge in [-0.2, -0.15) is 4.99 Å². The maximum Gasteiger partial charge on any atom is 0.228 e. The lowest BCUT2D eigenvalue weighted by atomic mass is 10.3. The molecule has 0 rings (SSSR count). The molecule has 0 amide bonds. The van der Waals surface area contributed by atoms with E-state index in [-0.39, 0.29) is 11.8 Å². The Hall–Kier alpha value is -1.63. The molecule has 0 radical (unpaired) electrons. The van der Waals surface area contributed by atoms with Crippen LogP contribution in [-0.4, -0.2) is 32.8 Å². The number of rotatable bonds is 9. The van der Waals surface area contributed by atoms with Gasteiger partial charge in [0.1, 0.15) is 6.61 Å². The van der Waals surface area contributed by atoms with E-state index in [4.69, 9.17) is 26.7 Å². The summed E-state index contributed by atoms with van der Waals surface area (Å²) < 4.78 is 10.1. The highest BCUT2D eigenvalue weighted by atomic mass is 16.5. The molecule has 0 spiro atoms. The second-order valence-electron chi connectivity index (χ2n) is 3.37. The average molecular weight is 245 g/mol. The van der Waals surface area contributed by atoms with Gasteiger partial charge in [-0.1, -0.05) is 13.3 Å². The smallest absolute Gasteiger partial charge is 0.228 e. The molecule has 0 aliphatic carbocycles. The van der Waals surface area contributed by atoms with Gasteiger partial charge in [-0.05, 0) is 6.42 Å². The molecule has 100 valence electrons. The zero-order chi connectivity index (χ0) is 13.1. The first-order chi connectivity index (χ1) is 8.11. The molecule has 0 saturated heterocycles. The second-order valence-corrected chi connectivity index (χ2v) is 3.37. The minimum Gasteiger partial charge on any atom is -0.474 e. The van der Waals surface area contributed by atoms with Crippen molar-refractivity contribution >= 4 is 5.96 Å². The first kappa shape index (κ1) is 15.4. The maximum atomic E-state index is 5.71. The van der Waals surface area contributed by atoms with Crippen LogP contribution in [0, 0.1) is 0 Å². The van der Waals surface area contributed by atoms with Crippen LogP contribution < -0.4 is 22.5 Å². The summed E-state index contributed by atoms with van der Waals surface area (Å²) >= 11 is 0. The molecular weight excluding hydrogens is 222 g/mol. The summed E-state index contributed by atoms with van der Waals surface area (Å²) in [4.78, 5) is 3.88. The van der Waals surface area contributed by atoms with Gasteiger partial charge in [0.15, 0.2) is 11.8 Å². The molecule has 7 N–H and O–H groups in total. The van der Waals surface area contributed by atoms with E-state index in [1.165, 1.54) is 0 Å².